The van der Waals surface area contributed by atoms with Crippen LogP contribution in [0.15, 0.2) is 0 Å². The van der Waals surface area contributed by atoms with Gasteiger partial charge in [-0.2, -0.15) is 0 Å². The molecular weight excluding hydrogens is 136 g/mol. The molecule has 0 heterocycles. The molecule has 0 saturated carbocycles. The summed E-state index contributed by atoms with van der Waals surface area (Å²) in [6.45, 7) is 4.44. The quantitative estimate of drug-likeness (QED) is 0.634. The molecular formula is C7H15F2N. The zero-order chi connectivity index (χ0) is 7.98. The van der Waals surface area contributed by atoms with Crippen LogP contribution in [0.2, 0.25) is 0 Å². The maximum Gasteiger partial charge on any atom is 0.239 e. The van der Waals surface area contributed by atoms with Crippen molar-refractivity contribution in [3.63, 3.8) is 0 Å². The molecule has 0 saturated heterocycles. The van der Waals surface area contributed by atoms with Gasteiger partial charge in [-0.3, -0.25) is 0 Å². The van der Waals surface area contributed by atoms with Crippen molar-refractivity contribution in [3.05, 3.63) is 0 Å². The van der Waals surface area contributed by atoms with E-state index >= 15 is 0 Å². The minimum Gasteiger partial charge on any atom is -0.314 e. The number of halogens is 2. The van der Waals surface area contributed by atoms with E-state index in [1.807, 2.05) is 13.8 Å². The molecule has 0 aromatic carbocycles. The monoisotopic (exact) mass is 151 g/mol. The Labute approximate surface area is 60.8 Å². The van der Waals surface area contributed by atoms with Gasteiger partial charge in [0.05, 0.1) is 0 Å². The molecule has 62 valence electrons. The largest absolute Gasteiger partial charge is 0.314 e. The van der Waals surface area contributed by atoms with Gasteiger partial charge >= 0.3 is 0 Å². The van der Waals surface area contributed by atoms with E-state index < -0.39 is 6.43 Å². The summed E-state index contributed by atoms with van der Waals surface area (Å²) in [5, 5.41) is 2.98. The Morgan fingerprint density at radius 3 is 2.40 bits per heavy atom. The van der Waals surface area contributed by atoms with Crippen molar-refractivity contribution in [2.75, 3.05) is 6.54 Å². The molecule has 0 amide bonds. The van der Waals surface area contributed by atoms with Gasteiger partial charge in [-0.05, 0) is 13.3 Å². The van der Waals surface area contributed by atoms with Crippen LogP contribution >= 0.6 is 0 Å². The molecule has 0 bridgehead atoms. The first-order valence-corrected chi connectivity index (χ1v) is 3.68. The average Bonchev–Trinajstić information content (AvgIpc) is 1.87. The van der Waals surface area contributed by atoms with Gasteiger partial charge in [0, 0.05) is 19.0 Å². The van der Waals surface area contributed by atoms with E-state index in [9.17, 15) is 8.78 Å². The number of hydrogen-bond acceptors (Lipinski definition) is 1. The van der Waals surface area contributed by atoms with Gasteiger partial charge in [0.25, 0.3) is 0 Å². The SMILES string of the molecule is CCC(C)NCCC(F)F. The molecule has 10 heavy (non-hydrogen) atoms. The predicted octanol–water partition coefficient (Wildman–Crippen LogP) is 2.03. The number of alkyl halides is 2. The molecule has 1 nitrogen and oxygen atoms in total. The van der Waals surface area contributed by atoms with Gasteiger partial charge in [-0.25, -0.2) is 8.78 Å². The van der Waals surface area contributed by atoms with Crippen LogP contribution in [0.4, 0.5) is 8.78 Å². The van der Waals surface area contributed by atoms with E-state index in [4.69, 9.17) is 0 Å². The topological polar surface area (TPSA) is 12.0 Å². The number of rotatable bonds is 5. The third-order valence-electron chi connectivity index (χ3n) is 1.47. The van der Waals surface area contributed by atoms with Gasteiger partial charge in [0.15, 0.2) is 0 Å². The normalized spacial score (nSPS) is 14.1. The lowest BCUT2D eigenvalue weighted by atomic mass is 10.2. The lowest BCUT2D eigenvalue weighted by Crippen LogP contribution is -2.27. The maximum atomic E-state index is 11.5. The molecule has 0 aliphatic rings. The van der Waals surface area contributed by atoms with E-state index in [1.165, 1.54) is 0 Å². The Morgan fingerprint density at radius 2 is 2.00 bits per heavy atom. The summed E-state index contributed by atoms with van der Waals surface area (Å²) in [6, 6.07) is 0.360. The Kier molecular flexibility index (Phi) is 5.49. The van der Waals surface area contributed by atoms with Crippen molar-refractivity contribution >= 4 is 0 Å². The number of nitrogens with one attached hydrogen (secondary N) is 1. The molecule has 0 aromatic rings. The Bertz CT molecular complexity index is 76.0. The molecule has 0 radical (unpaired) electrons. The second-order valence-corrected chi connectivity index (χ2v) is 2.44. The van der Waals surface area contributed by atoms with E-state index in [1.54, 1.807) is 0 Å². The van der Waals surface area contributed by atoms with Crippen LogP contribution in [0.5, 0.6) is 0 Å². The molecule has 1 atom stereocenters. The highest BCUT2D eigenvalue weighted by molar-refractivity contribution is 4.57. The zero-order valence-corrected chi connectivity index (χ0v) is 6.53. The first kappa shape index (κ1) is 9.82. The maximum absolute atomic E-state index is 11.5. The van der Waals surface area contributed by atoms with Crippen LogP contribution in [-0.2, 0) is 0 Å². The minimum absolute atomic E-state index is 0.0374. The highest BCUT2D eigenvalue weighted by Gasteiger charge is 2.02. The third kappa shape index (κ3) is 5.95. The van der Waals surface area contributed by atoms with Crippen molar-refractivity contribution in [3.8, 4) is 0 Å². The molecule has 0 rings (SSSR count). The van der Waals surface area contributed by atoms with E-state index in [2.05, 4.69) is 5.32 Å². The zero-order valence-electron chi connectivity index (χ0n) is 6.53. The van der Waals surface area contributed by atoms with Crippen LogP contribution in [0.1, 0.15) is 26.7 Å². The second kappa shape index (κ2) is 5.59. The number of hydrogen-bond donors (Lipinski definition) is 1. The van der Waals surface area contributed by atoms with Gasteiger partial charge in [-0.1, -0.05) is 6.92 Å². The van der Waals surface area contributed by atoms with Crippen molar-refractivity contribution in [2.45, 2.75) is 39.2 Å². The summed E-state index contributed by atoms with van der Waals surface area (Å²) in [6.07, 6.45) is -1.22. The third-order valence-corrected chi connectivity index (χ3v) is 1.47. The fraction of sp³-hybridized carbons (Fsp3) is 1.00. The molecule has 1 N–H and O–H groups in total. The van der Waals surface area contributed by atoms with E-state index in [0.717, 1.165) is 6.42 Å². The van der Waals surface area contributed by atoms with Crippen LogP contribution < -0.4 is 5.32 Å². The van der Waals surface area contributed by atoms with Crippen molar-refractivity contribution < 1.29 is 8.78 Å². The first-order valence-electron chi connectivity index (χ1n) is 3.68. The Morgan fingerprint density at radius 1 is 1.40 bits per heavy atom. The first-order chi connectivity index (χ1) is 4.66. The molecule has 0 aromatic heterocycles. The van der Waals surface area contributed by atoms with Crippen LogP contribution in [0.3, 0.4) is 0 Å². The molecule has 0 fully saturated rings. The van der Waals surface area contributed by atoms with Gasteiger partial charge in [-0.15, -0.1) is 0 Å². The molecule has 1 unspecified atom stereocenters. The highest BCUT2D eigenvalue weighted by Crippen LogP contribution is 1.97. The summed E-state index contributed by atoms with van der Waals surface area (Å²) in [7, 11) is 0. The van der Waals surface area contributed by atoms with Gasteiger partial charge in [0.2, 0.25) is 6.43 Å². The minimum atomic E-state index is -2.17. The van der Waals surface area contributed by atoms with E-state index in [-0.39, 0.29) is 6.42 Å². The predicted molar refractivity (Wildman–Crippen MR) is 38.4 cm³/mol. The standard InChI is InChI=1S/C7H15F2N/c1-3-6(2)10-5-4-7(8)9/h6-7,10H,3-5H2,1-2H3. The lowest BCUT2D eigenvalue weighted by molar-refractivity contribution is 0.136. The lowest BCUT2D eigenvalue weighted by Gasteiger charge is -2.09. The van der Waals surface area contributed by atoms with Crippen molar-refractivity contribution in [1.82, 2.24) is 5.32 Å². The van der Waals surface area contributed by atoms with Crippen molar-refractivity contribution in [1.29, 1.82) is 0 Å². The fourth-order valence-corrected chi connectivity index (χ4v) is 0.583. The Balaban J connectivity index is 3.03. The van der Waals surface area contributed by atoms with Crippen LogP contribution in [0.25, 0.3) is 0 Å². The molecule has 0 spiro atoms. The average molecular weight is 151 g/mol. The van der Waals surface area contributed by atoms with Crippen LogP contribution in [0, 0.1) is 0 Å². The fourth-order valence-electron chi connectivity index (χ4n) is 0.583. The van der Waals surface area contributed by atoms with Crippen molar-refractivity contribution in [2.24, 2.45) is 0 Å². The summed E-state index contributed by atoms with van der Waals surface area (Å²) < 4.78 is 23.1. The summed E-state index contributed by atoms with van der Waals surface area (Å²) in [4.78, 5) is 0. The highest BCUT2D eigenvalue weighted by atomic mass is 19.3. The summed E-state index contributed by atoms with van der Waals surface area (Å²) in [5.41, 5.74) is 0. The second-order valence-electron chi connectivity index (χ2n) is 2.44. The van der Waals surface area contributed by atoms with Gasteiger partial charge < -0.3 is 5.32 Å². The molecule has 3 heteroatoms. The molecule has 0 aliphatic heterocycles. The van der Waals surface area contributed by atoms with Gasteiger partial charge in [0.1, 0.15) is 0 Å². The smallest absolute Gasteiger partial charge is 0.239 e. The molecule has 0 aliphatic carbocycles. The van der Waals surface area contributed by atoms with Crippen LogP contribution in [-0.4, -0.2) is 19.0 Å². The summed E-state index contributed by atoms with van der Waals surface area (Å²) >= 11 is 0. The summed E-state index contributed by atoms with van der Waals surface area (Å²) in [5.74, 6) is 0. The Hall–Kier alpha value is -0.180. The van der Waals surface area contributed by atoms with E-state index in [0.29, 0.717) is 12.6 Å².